The van der Waals surface area contributed by atoms with Gasteiger partial charge in [-0.15, -0.1) is 0 Å². The monoisotopic (exact) mass is 268 g/mol. The number of rotatable bonds is 5. The van der Waals surface area contributed by atoms with E-state index in [1.165, 1.54) is 6.42 Å². The third-order valence-corrected chi connectivity index (χ3v) is 4.82. The predicted molar refractivity (Wildman–Crippen MR) is 75.6 cm³/mol. The molecule has 1 amide bonds. The number of nitrogens with two attached hydrogens (primary N) is 1. The lowest BCUT2D eigenvalue weighted by Crippen LogP contribution is -2.41. The molecule has 3 unspecified atom stereocenters. The van der Waals surface area contributed by atoms with Crippen LogP contribution in [-0.2, 0) is 4.79 Å². The Morgan fingerprint density at radius 1 is 1.26 bits per heavy atom. The number of carbonyl (C=O) groups is 1. The Labute approximate surface area is 116 Å². The van der Waals surface area contributed by atoms with Gasteiger partial charge in [0.15, 0.2) is 0 Å². The first-order valence-corrected chi connectivity index (χ1v) is 7.87. The van der Waals surface area contributed by atoms with Crippen LogP contribution in [0.25, 0.3) is 0 Å². The van der Waals surface area contributed by atoms with E-state index in [1.807, 2.05) is 0 Å². The summed E-state index contributed by atoms with van der Waals surface area (Å²) < 4.78 is 0. The maximum absolute atomic E-state index is 12.7. The summed E-state index contributed by atoms with van der Waals surface area (Å²) in [6, 6.07) is 0.373. The average Bonchev–Trinajstić information content (AvgIpc) is 2.92. The second-order valence-electron chi connectivity index (χ2n) is 6.16. The van der Waals surface area contributed by atoms with E-state index >= 15 is 0 Å². The quantitative estimate of drug-likeness (QED) is 0.794. The van der Waals surface area contributed by atoms with Gasteiger partial charge in [0.25, 0.3) is 0 Å². The van der Waals surface area contributed by atoms with E-state index in [0.717, 1.165) is 58.0 Å². The highest BCUT2D eigenvalue weighted by Crippen LogP contribution is 2.32. The van der Waals surface area contributed by atoms with Crippen molar-refractivity contribution in [2.45, 2.75) is 57.4 Å². The third-order valence-electron chi connectivity index (χ3n) is 4.82. The molecule has 3 atom stereocenters. The maximum atomic E-state index is 12.7. The van der Waals surface area contributed by atoms with Crippen LogP contribution in [0.15, 0.2) is 0 Å². The molecule has 1 aliphatic carbocycles. The molecule has 1 saturated heterocycles. The van der Waals surface area contributed by atoms with Crippen LogP contribution in [0, 0.1) is 11.8 Å². The molecule has 2 aliphatic rings. The fourth-order valence-corrected chi connectivity index (χ4v) is 3.72. The first-order valence-electron chi connectivity index (χ1n) is 7.87. The van der Waals surface area contributed by atoms with Gasteiger partial charge in [-0.05, 0) is 57.4 Å². The summed E-state index contributed by atoms with van der Waals surface area (Å²) in [6.07, 6.45) is 8.35. The van der Waals surface area contributed by atoms with E-state index in [2.05, 4.69) is 4.90 Å². The van der Waals surface area contributed by atoms with Crippen LogP contribution in [-0.4, -0.2) is 41.7 Å². The number of aliphatic hydroxyl groups excluding tert-OH is 1. The maximum Gasteiger partial charge on any atom is 0.225 e. The van der Waals surface area contributed by atoms with E-state index in [1.54, 1.807) is 0 Å². The Morgan fingerprint density at radius 3 is 2.84 bits per heavy atom. The summed E-state index contributed by atoms with van der Waals surface area (Å²) in [5.74, 6) is 1.11. The molecule has 0 radical (unpaired) electrons. The minimum absolute atomic E-state index is 0.206. The van der Waals surface area contributed by atoms with Crippen molar-refractivity contribution in [2.75, 3.05) is 19.7 Å². The van der Waals surface area contributed by atoms with Gasteiger partial charge in [-0.25, -0.2) is 0 Å². The molecule has 3 N–H and O–H groups in total. The minimum Gasteiger partial charge on any atom is -0.396 e. The standard InChI is InChI=1S/C15H28N2O2/c16-11-12-4-1-5-13(10-12)15(19)17-8-2-6-14(17)7-3-9-18/h12-14,18H,1-11,16H2. The highest BCUT2D eigenvalue weighted by Gasteiger charge is 2.34. The van der Waals surface area contributed by atoms with Gasteiger partial charge in [0, 0.05) is 25.1 Å². The summed E-state index contributed by atoms with van der Waals surface area (Å²) >= 11 is 0. The number of carbonyl (C=O) groups excluding carboxylic acids is 1. The summed E-state index contributed by atoms with van der Waals surface area (Å²) in [7, 11) is 0. The number of nitrogens with zero attached hydrogens (tertiary/aromatic N) is 1. The molecule has 1 saturated carbocycles. The molecule has 0 aromatic rings. The van der Waals surface area contributed by atoms with Gasteiger partial charge in [-0.1, -0.05) is 6.42 Å². The van der Waals surface area contributed by atoms with Crippen LogP contribution < -0.4 is 5.73 Å². The van der Waals surface area contributed by atoms with Crippen LogP contribution in [0.5, 0.6) is 0 Å². The summed E-state index contributed by atoms with van der Waals surface area (Å²) in [5.41, 5.74) is 5.76. The van der Waals surface area contributed by atoms with Gasteiger partial charge in [-0.3, -0.25) is 4.79 Å². The molecule has 0 aromatic heterocycles. The van der Waals surface area contributed by atoms with Crippen LogP contribution >= 0.6 is 0 Å². The fourth-order valence-electron chi connectivity index (χ4n) is 3.72. The van der Waals surface area contributed by atoms with Crippen molar-refractivity contribution < 1.29 is 9.90 Å². The molecular weight excluding hydrogens is 240 g/mol. The van der Waals surface area contributed by atoms with Gasteiger partial charge in [0.1, 0.15) is 0 Å². The lowest BCUT2D eigenvalue weighted by Gasteiger charge is -2.33. The summed E-state index contributed by atoms with van der Waals surface area (Å²) in [5, 5.41) is 8.95. The lowest BCUT2D eigenvalue weighted by atomic mass is 9.80. The second kappa shape index (κ2) is 7.25. The number of likely N-dealkylation sites (tertiary alicyclic amines) is 1. The zero-order chi connectivity index (χ0) is 13.7. The topological polar surface area (TPSA) is 66.6 Å². The van der Waals surface area contributed by atoms with Crippen molar-refractivity contribution in [3.63, 3.8) is 0 Å². The van der Waals surface area contributed by atoms with Crippen molar-refractivity contribution in [1.82, 2.24) is 4.90 Å². The van der Waals surface area contributed by atoms with E-state index in [9.17, 15) is 4.79 Å². The molecule has 4 heteroatoms. The first kappa shape index (κ1) is 14.8. The minimum atomic E-state index is 0.206. The Hall–Kier alpha value is -0.610. The van der Waals surface area contributed by atoms with Crippen molar-refractivity contribution in [2.24, 2.45) is 17.6 Å². The molecule has 1 aliphatic heterocycles. The third kappa shape index (κ3) is 3.69. The van der Waals surface area contributed by atoms with E-state index in [0.29, 0.717) is 17.9 Å². The molecule has 2 rings (SSSR count). The van der Waals surface area contributed by atoms with E-state index < -0.39 is 0 Å². The van der Waals surface area contributed by atoms with Crippen molar-refractivity contribution >= 4 is 5.91 Å². The van der Waals surface area contributed by atoms with Gasteiger partial charge in [0.05, 0.1) is 0 Å². The second-order valence-corrected chi connectivity index (χ2v) is 6.16. The van der Waals surface area contributed by atoms with Crippen LogP contribution in [0.2, 0.25) is 0 Å². The molecule has 1 heterocycles. The van der Waals surface area contributed by atoms with Crippen molar-refractivity contribution in [1.29, 1.82) is 0 Å². The Morgan fingerprint density at radius 2 is 2.11 bits per heavy atom. The summed E-state index contributed by atoms with van der Waals surface area (Å²) in [6.45, 7) is 1.87. The zero-order valence-corrected chi connectivity index (χ0v) is 11.9. The largest absolute Gasteiger partial charge is 0.396 e. The highest BCUT2D eigenvalue weighted by atomic mass is 16.3. The molecule has 2 fully saturated rings. The first-order chi connectivity index (χ1) is 9.26. The fraction of sp³-hybridized carbons (Fsp3) is 0.933. The number of amides is 1. The summed E-state index contributed by atoms with van der Waals surface area (Å²) in [4.78, 5) is 14.8. The average molecular weight is 268 g/mol. The van der Waals surface area contributed by atoms with Crippen LogP contribution in [0.4, 0.5) is 0 Å². The zero-order valence-electron chi connectivity index (χ0n) is 11.9. The Balaban J connectivity index is 1.90. The van der Waals surface area contributed by atoms with Crippen molar-refractivity contribution in [3.05, 3.63) is 0 Å². The van der Waals surface area contributed by atoms with Crippen LogP contribution in [0.1, 0.15) is 51.4 Å². The number of hydrogen-bond acceptors (Lipinski definition) is 3. The highest BCUT2D eigenvalue weighted by molar-refractivity contribution is 5.79. The molecular formula is C15H28N2O2. The molecule has 19 heavy (non-hydrogen) atoms. The Bertz CT molecular complexity index is 296. The van der Waals surface area contributed by atoms with Gasteiger partial charge >= 0.3 is 0 Å². The molecule has 4 nitrogen and oxygen atoms in total. The van der Waals surface area contributed by atoms with Gasteiger partial charge in [0.2, 0.25) is 5.91 Å². The normalized spacial score (nSPS) is 31.7. The molecule has 0 bridgehead atoms. The van der Waals surface area contributed by atoms with E-state index in [4.69, 9.17) is 10.8 Å². The van der Waals surface area contributed by atoms with Crippen molar-refractivity contribution in [3.8, 4) is 0 Å². The Kier molecular flexibility index (Phi) is 5.64. The van der Waals surface area contributed by atoms with Gasteiger partial charge < -0.3 is 15.7 Å². The van der Waals surface area contributed by atoms with Crippen LogP contribution in [0.3, 0.4) is 0 Å². The number of aliphatic hydroxyl groups is 1. The number of hydrogen-bond donors (Lipinski definition) is 2. The SMILES string of the molecule is NCC1CCCC(C(=O)N2CCCC2CCCO)C1. The molecule has 0 aromatic carbocycles. The smallest absolute Gasteiger partial charge is 0.225 e. The van der Waals surface area contributed by atoms with Gasteiger partial charge in [-0.2, -0.15) is 0 Å². The van der Waals surface area contributed by atoms with E-state index in [-0.39, 0.29) is 12.5 Å². The lowest BCUT2D eigenvalue weighted by molar-refractivity contribution is -0.138. The predicted octanol–water partition coefficient (Wildman–Crippen LogP) is 1.51. The molecule has 110 valence electrons. The molecule has 0 spiro atoms.